The van der Waals surface area contributed by atoms with Crippen LogP contribution in [0.1, 0.15) is 38.8 Å². The lowest BCUT2D eigenvalue weighted by molar-refractivity contribution is -0.125. The van der Waals surface area contributed by atoms with Gasteiger partial charge in [-0.25, -0.2) is 4.79 Å². The van der Waals surface area contributed by atoms with Gasteiger partial charge in [0.1, 0.15) is 17.1 Å². The Labute approximate surface area is 146 Å². The van der Waals surface area contributed by atoms with Crippen LogP contribution in [0, 0.1) is 20.8 Å². The number of aromatic nitrogens is 2. The van der Waals surface area contributed by atoms with Crippen LogP contribution >= 0.6 is 0 Å². The SMILES string of the molecule is COC(=O)c1cc(CN(C)C(=O)/C=C/c2c(C)nn(C)c2C)oc1C. The van der Waals surface area contributed by atoms with Crippen LogP contribution in [-0.2, 0) is 23.1 Å². The largest absolute Gasteiger partial charge is 0.465 e. The van der Waals surface area contributed by atoms with Gasteiger partial charge >= 0.3 is 5.97 Å². The zero-order chi connectivity index (χ0) is 18.7. The van der Waals surface area contributed by atoms with E-state index in [1.165, 1.54) is 18.1 Å². The number of furan rings is 1. The first-order valence-electron chi connectivity index (χ1n) is 7.85. The normalized spacial score (nSPS) is 11.1. The van der Waals surface area contributed by atoms with Crippen LogP contribution in [0.25, 0.3) is 6.08 Å². The van der Waals surface area contributed by atoms with Crippen LogP contribution in [0.3, 0.4) is 0 Å². The first kappa shape index (κ1) is 18.5. The van der Waals surface area contributed by atoms with Crippen molar-refractivity contribution in [3.63, 3.8) is 0 Å². The van der Waals surface area contributed by atoms with Crippen molar-refractivity contribution in [1.29, 1.82) is 0 Å². The quantitative estimate of drug-likeness (QED) is 0.614. The van der Waals surface area contributed by atoms with Gasteiger partial charge in [0.05, 0.1) is 19.3 Å². The van der Waals surface area contributed by atoms with E-state index in [1.807, 2.05) is 20.9 Å². The van der Waals surface area contributed by atoms with E-state index in [0.717, 1.165) is 17.0 Å². The molecule has 0 aromatic carbocycles. The molecule has 0 aliphatic heterocycles. The average molecular weight is 345 g/mol. The molecule has 1 amide bonds. The molecule has 7 heteroatoms. The third kappa shape index (κ3) is 3.99. The molecule has 0 radical (unpaired) electrons. The van der Waals surface area contributed by atoms with E-state index < -0.39 is 5.97 Å². The van der Waals surface area contributed by atoms with Gasteiger partial charge in [-0.05, 0) is 32.9 Å². The summed E-state index contributed by atoms with van der Waals surface area (Å²) in [6.45, 7) is 5.80. The summed E-state index contributed by atoms with van der Waals surface area (Å²) in [4.78, 5) is 25.4. The number of likely N-dealkylation sites (N-methyl/N-ethyl adjacent to an activating group) is 1. The fourth-order valence-electron chi connectivity index (χ4n) is 2.56. The number of carbonyl (C=O) groups excluding carboxylic acids is 2. The summed E-state index contributed by atoms with van der Waals surface area (Å²) in [5.41, 5.74) is 3.17. The lowest BCUT2D eigenvalue weighted by Gasteiger charge is -2.13. The molecule has 0 atom stereocenters. The average Bonchev–Trinajstić information content (AvgIpc) is 3.04. The number of amides is 1. The Balaban J connectivity index is 2.08. The molecule has 0 spiro atoms. The molecular formula is C18H23N3O4. The van der Waals surface area contributed by atoms with Gasteiger partial charge < -0.3 is 14.1 Å². The third-order valence-corrected chi connectivity index (χ3v) is 4.10. The molecule has 0 saturated carbocycles. The summed E-state index contributed by atoms with van der Waals surface area (Å²) in [5.74, 6) is 0.371. The van der Waals surface area contributed by atoms with Crippen molar-refractivity contribution >= 4 is 18.0 Å². The smallest absolute Gasteiger partial charge is 0.341 e. The van der Waals surface area contributed by atoms with E-state index in [-0.39, 0.29) is 12.5 Å². The van der Waals surface area contributed by atoms with Crippen molar-refractivity contribution in [3.8, 4) is 0 Å². The molecule has 2 heterocycles. The van der Waals surface area contributed by atoms with E-state index in [0.29, 0.717) is 17.1 Å². The molecule has 0 unspecified atom stereocenters. The molecule has 134 valence electrons. The number of hydrogen-bond acceptors (Lipinski definition) is 5. The monoisotopic (exact) mass is 345 g/mol. The molecule has 0 saturated heterocycles. The number of esters is 1. The number of aryl methyl sites for hydroxylation is 3. The highest BCUT2D eigenvalue weighted by Gasteiger charge is 2.17. The fraction of sp³-hybridized carbons (Fsp3) is 0.389. The molecule has 7 nitrogen and oxygen atoms in total. The Hall–Kier alpha value is -2.83. The van der Waals surface area contributed by atoms with Crippen molar-refractivity contribution in [3.05, 3.63) is 46.2 Å². The van der Waals surface area contributed by atoms with Gasteiger partial charge in [-0.3, -0.25) is 9.48 Å². The Morgan fingerprint density at radius 1 is 1.36 bits per heavy atom. The molecule has 0 aliphatic rings. The van der Waals surface area contributed by atoms with E-state index in [9.17, 15) is 9.59 Å². The minimum absolute atomic E-state index is 0.170. The van der Waals surface area contributed by atoms with Gasteiger partial charge in [-0.2, -0.15) is 5.10 Å². The zero-order valence-corrected chi connectivity index (χ0v) is 15.4. The number of rotatable bonds is 5. The van der Waals surface area contributed by atoms with Crippen molar-refractivity contribution in [2.45, 2.75) is 27.3 Å². The lowest BCUT2D eigenvalue weighted by atomic mass is 10.2. The van der Waals surface area contributed by atoms with Crippen LogP contribution in [0.15, 0.2) is 16.6 Å². The van der Waals surface area contributed by atoms with Crippen LogP contribution in [0.5, 0.6) is 0 Å². The highest BCUT2D eigenvalue weighted by atomic mass is 16.5. The Bertz CT molecular complexity index is 830. The summed E-state index contributed by atoms with van der Waals surface area (Å²) in [6, 6.07) is 1.60. The van der Waals surface area contributed by atoms with Gasteiger partial charge in [0.2, 0.25) is 5.91 Å². The predicted octanol–water partition coefficient (Wildman–Crippen LogP) is 2.40. The second-order valence-electron chi connectivity index (χ2n) is 5.91. The van der Waals surface area contributed by atoms with Gasteiger partial charge in [-0.15, -0.1) is 0 Å². The van der Waals surface area contributed by atoms with E-state index in [1.54, 1.807) is 30.8 Å². The van der Waals surface area contributed by atoms with Crippen LogP contribution < -0.4 is 0 Å². The summed E-state index contributed by atoms with van der Waals surface area (Å²) >= 11 is 0. The Morgan fingerprint density at radius 3 is 2.60 bits per heavy atom. The molecule has 0 fully saturated rings. The minimum atomic E-state index is -0.455. The zero-order valence-electron chi connectivity index (χ0n) is 15.4. The van der Waals surface area contributed by atoms with Crippen molar-refractivity contribution in [2.75, 3.05) is 14.2 Å². The maximum atomic E-state index is 12.3. The highest BCUT2D eigenvalue weighted by molar-refractivity contribution is 5.92. The Kier molecular flexibility index (Phi) is 5.46. The summed E-state index contributed by atoms with van der Waals surface area (Å²) < 4.78 is 12.0. The predicted molar refractivity (Wildman–Crippen MR) is 93.0 cm³/mol. The minimum Gasteiger partial charge on any atom is -0.465 e. The topological polar surface area (TPSA) is 77.6 Å². The molecule has 0 bridgehead atoms. The standard InChI is InChI=1S/C18H23N3O4/c1-11-15(12(2)21(5)19-11)7-8-17(22)20(4)10-14-9-16(13(3)25-14)18(23)24-6/h7-9H,10H2,1-6H3/b8-7+. The fourth-order valence-corrected chi connectivity index (χ4v) is 2.56. The maximum absolute atomic E-state index is 12.3. The molecular weight excluding hydrogens is 322 g/mol. The number of carbonyl (C=O) groups is 2. The maximum Gasteiger partial charge on any atom is 0.341 e. The summed E-state index contributed by atoms with van der Waals surface area (Å²) in [6.07, 6.45) is 3.28. The first-order chi connectivity index (χ1) is 11.7. The van der Waals surface area contributed by atoms with Gasteiger partial charge in [-0.1, -0.05) is 0 Å². The van der Waals surface area contributed by atoms with Crippen LogP contribution in [0.4, 0.5) is 0 Å². The number of ether oxygens (including phenoxy) is 1. The number of methoxy groups -OCH3 is 1. The number of hydrogen-bond donors (Lipinski definition) is 0. The van der Waals surface area contributed by atoms with Gasteiger partial charge in [0.25, 0.3) is 0 Å². The van der Waals surface area contributed by atoms with Gasteiger partial charge in [0.15, 0.2) is 0 Å². The van der Waals surface area contributed by atoms with E-state index in [4.69, 9.17) is 9.15 Å². The van der Waals surface area contributed by atoms with Gasteiger partial charge in [0, 0.05) is 31.4 Å². The molecule has 0 aliphatic carbocycles. The second-order valence-corrected chi connectivity index (χ2v) is 5.91. The molecule has 2 aromatic heterocycles. The molecule has 2 aromatic rings. The third-order valence-electron chi connectivity index (χ3n) is 4.10. The highest BCUT2D eigenvalue weighted by Crippen LogP contribution is 2.18. The van der Waals surface area contributed by atoms with Crippen molar-refractivity contribution in [2.24, 2.45) is 7.05 Å². The molecule has 2 rings (SSSR count). The van der Waals surface area contributed by atoms with E-state index >= 15 is 0 Å². The van der Waals surface area contributed by atoms with Crippen LogP contribution in [0.2, 0.25) is 0 Å². The summed E-state index contributed by atoms with van der Waals surface area (Å²) in [5, 5.41) is 4.32. The van der Waals surface area contributed by atoms with Crippen LogP contribution in [-0.4, -0.2) is 40.7 Å². The van der Waals surface area contributed by atoms with Crippen molar-refractivity contribution in [1.82, 2.24) is 14.7 Å². The molecule has 0 N–H and O–H groups in total. The summed E-state index contributed by atoms with van der Waals surface area (Å²) in [7, 11) is 4.86. The Morgan fingerprint density at radius 2 is 2.04 bits per heavy atom. The number of nitrogens with zero attached hydrogens (tertiary/aromatic N) is 3. The molecule has 25 heavy (non-hydrogen) atoms. The second kappa shape index (κ2) is 7.38. The first-order valence-corrected chi connectivity index (χ1v) is 7.85. The van der Waals surface area contributed by atoms with E-state index in [2.05, 4.69) is 5.10 Å². The lowest BCUT2D eigenvalue weighted by Crippen LogP contribution is -2.23. The van der Waals surface area contributed by atoms with Crippen molar-refractivity contribution < 1.29 is 18.7 Å².